The average Bonchev–Trinajstić information content (AvgIpc) is 2.93. The molecule has 23 heavy (non-hydrogen) atoms. The van der Waals surface area contributed by atoms with Crippen molar-refractivity contribution in [2.24, 2.45) is 0 Å². The highest BCUT2D eigenvalue weighted by molar-refractivity contribution is 5.98. The molecule has 3 aromatic rings. The molecule has 2 aliphatic heterocycles. The van der Waals surface area contributed by atoms with Gasteiger partial charge in [-0.3, -0.25) is 9.69 Å². The Morgan fingerprint density at radius 1 is 1.17 bits per heavy atom. The largest absolute Gasteiger partial charge is 0.508 e. The van der Waals surface area contributed by atoms with Gasteiger partial charge in [-0.25, -0.2) is 0 Å². The molecule has 1 aromatic heterocycles. The van der Waals surface area contributed by atoms with Crippen molar-refractivity contribution in [3.8, 4) is 11.5 Å². The Bertz CT molecular complexity index is 959. The monoisotopic (exact) mass is 307 g/mol. The Balaban J connectivity index is 1.70. The topological polar surface area (TPSA) is 62.9 Å². The van der Waals surface area contributed by atoms with E-state index in [4.69, 9.17) is 9.15 Å². The maximum absolute atomic E-state index is 12.7. The van der Waals surface area contributed by atoms with Crippen LogP contribution in [0.25, 0.3) is 11.0 Å². The lowest BCUT2D eigenvalue weighted by molar-refractivity contribution is -0.00667. The number of para-hydroxylation sites is 1. The van der Waals surface area contributed by atoms with E-state index in [1.807, 2.05) is 12.1 Å². The van der Waals surface area contributed by atoms with Crippen LogP contribution in [0, 0.1) is 0 Å². The molecule has 5 heteroatoms. The van der Waals surface area contributed by atoms with Crippen molar-refractivity contribution in [1.82, 2.24) is 4.90 Å². The molecule has 0 radical (unpaired) electrons. The molecule has 0 bridgehead atoms. The van der Waals surface area contributed by atoms with Gasteiger partial charge in [-0.2, -0.15) is 0 Å². The molecule has 1 amide bonds. The van der Waals surface area contributed by atoms with E-state index < -0.39 is 6.23 Å². The lowest BCUT2D eigenvalue weighted by atomic mass is 9.99. The molecule has 0 saturated carbocycles. The number of benzene rings is 2. The highest BCUT2D eigenvalue weighted by Crippen LogP contribution is 2.42. The first-order valence-electron chi connectivity index (χ1n) is 7.53. The third kappa shape index (κ3) is 1.64. The van der Waals surface area contributed by atoms with Gasteiger partial charge in [-0.1, -0.05) is 12.1 Å². The molecule has 0 fully saturated rings. The molecule has 0 spiro atoms. The second-order valence-corrected chi connectivity index (χ2v) is 5.84. The zero-order chi connectivity index (χ0) is 15.6. The van der Waals surface area contributed by atoms with Crippen molar-refractivity contribution in [3.63, 3.8) is 0 Å². The summed E-state index contributed by atoms with van der Waals surface area (Å²) in [5.74, 6) is 1.40. The summed E-state index contributed by atoms with van der Waals surface area (Å²) >= 11 is 0. The Morgan fingerprint density at radius 2 is 2.04 bits per heavy atom. The van der Waals surface area contributed by atoms with Crippen LogP contribution in [0.15, 0.2) is 46.9 Å². The number of amides is 1. The van der Waals surface area contributed by atoms with Crippen molar-refractivity contribution in [3.05, 3.63) is 59.4 Å². The number of phenolic OH excluding ortho intramolecular Hbond substituents is 1. The fraction of sp³-hybridized carbons (Fsp3) is 0.167. The van der Waals surface area contributed by atoms with E-state index in [-0.39, 0.29) is 11.7 Å². The first kappa shape index (κ1) is 12.6. The van der Waals surface area contributed by atoms with Gasteiger partial charge in [0.2, 0.25) is 6.23 Å². The van der Waals surface area contributed by atoms with Crippen LogP contribution >= 0.6 is 0 Å². The van der Waals surface area contributed by atoms with E-state index in [0.29, 0.717) is 35.6 Å². The molecule has 3 heterocycles. The van der Waals surface area contributed by atoms with Crippen LogP contribution in [0.1, 0.15) is 27.9 Å². The second kappa shape index (κ2) is 4.29. The molecule has 1 N–H and O–H groups in total. The molecule has 114 valence electrons. The number of carbonyl (C=O) groups excluding carboxylic acids is 1. The van der Waals surface area contributed by atoms with Crippen molar-refractivity contribution in [2.75, 3.05) is 6.54 Å². The standard InChI is InChI=1S/C18H13NO4/c20-10-5-6-15-13(9-10)11-7-8-19-17(21)12-3-1-2-4-14(12)23-18(19)16(11)22-15/h1-6,9,18,20H,7-8H2. The van der Waals surface area contributed by atoms with Crippen LogP contribution in [0.5, 0.6) is 11.5 Å². The van der Waals surface area contributed by atoms with Crippen LogP contribution in [-0.2, 0) is 6.42 Å². The summed E-state index contributed by atoms with van der Waals surface area (Å²) in [4.78, 5) is 14.4. The number of carbonyl (C=O) groups is 1. The van der Waals surface area contributed by atoms with Gasteiger partial charge in [0.25, 0.3) is 5.91 Å². The van der Waals surface area contributed by atoms with E-state index in [1.54, 1.807) is 35.2 Å². The Hall–Kier alpha value is -2.95. The van der Waals surface area contributed by atoms with Crippen molar-refractivity contribution >= 4 is 16.9 Å². The van der Waals surface area contributed by atoms with E-state index >= 15 is 0 Å². The van der Waals surface area contributed by atoms with Crippen molar-refractivity contribution < 1.29 is 19.1 Å². The fourth-order valence-electron chi connectivity index (χ4n) is 3.45. The minimum atomic E-state index is -0.546. The quantitative estimate of drug-likeness (QED) is 0.692. The second-order valence-electron chi connectivity index (χ2n) is 5.84. The molecule has 5 nitrogen and oxygen atoms in total. The Labute approximate surface area is 131 Å². The van der Waals surface area contributed by atoms with E-state index in [2.05, 4.69) is 0 Å². The van der Waals surface area contributed by atoms with Crippen LogP contribution < -0.4 is 4.74 Å². The lowest BCUT2D eigenvalue weighted by Gasteiger charge is -2.38. The normalized spacial score (nSPS) is 19.0. The summed E-state index contributed by atoms with van der Waals surface area (Å²) in [7, 11) is 0. The zero-order valence-electron chi connectivity index (χ0n) is 12.2. The number of aromatic hydroxyl groups is 1. The highest BCUT2D eigenvalue weighted by atomic mass is 16.5. The summed E-state index contributed by atoms with van der Waals surface area (Å²) in [6, 6.07) is 12.3. The number of nitrogens with zero attached hydrogens (tertiary/aromatic N) is 1. The number of fused-ring (bicyclic) bond motifs is 6. The summed E-state index contributed by atoms with van der Waals surface area (Å²) in [5.41, 5.74) is 2.29. The number of rotatable bonds is 0. The number of hydrogen-bond acceptors (Lipinski definition) is 4. The van der Waals surface area contributed by atoms with Crippen LogP contribution in [0.3, 0.4) is 0 Å². The van der Waals surface area contributed by atoms with Gasteiger partial charge in [0.15, 0.2) is 5.76 Å². The summed E-state index contributed by atoms with van der Waals surface area (Å²) in [5, 5.41) is 10.6. The van der Waals surface area contributed by atoms with E-state index in [1.165, 1.54) is 0 Å². The van der Waals surface area contributed by atoms with Crippen molar-refractivity contribution in [1.29, 1.82) is 0 Å². The number of ether oxygens (including phenoxy) is 1. The van der Waals surface area contributed by atoms with E-state index in [9.17, 15) is 9.90 Å². The summed E-state index contributed by atoms with van der Waals surface area (Å²) in [6.45, 7) is 0.565. The number of hydrogen-bond donors (Lipinski definition) is 1. The SMILES string of the molecule is O=C1c2ccccc2OC2c3oc4ccc(O)cc4c3CCN12. The minimum Gasteiger partial charge on any atom is -0.508 e. The summed E-state index contributed by atoms with van der Waals surface area (Å²) < 4.78 is 12.0. The van der Waals surface area contributed by atoms with Gasteiger partial charge >= 0.3 is 0 Å². The molecular formula is C18H13NO4. The van der Waals surface area contributed by atoms with Gasteiger partial charge < -0.3 is 14.3 Å². The lowest BCUT2D eigenvalue weighted by Crippen LogP contribution is -2.45. The highest BCUT2D eigenvalue weighted by Gasteiger charge is 2.41. The van der Waals surface area contributed by atoms with Crippen molar-refractivity contribution in [2.45, 2.75) is 12.6 Å². The number of furan rings is 1. The first-order chi connectivity index (χ1) is 11.2. The molecule has 0 saturated heterocycles. The first-order valence-corrected chi connectivity index (χ1v) is 7.53. The smallest absolute Gasteiger partial charge is 0.260 e. The van der Waals surface area contributed by atoms with Crippen LogP contribution in [-0.4, -0.2) is 22.5 Å². The van der Waals surface area contributed by atoms with Gasteiger partial charge in [-0.05, 0) is 36.8 Å². The molecule has 1 unspecified atom stereocenters. The molecular weight excluding hydrogens is 294 g/mol. The van der Waals surface area contributed by atoms with Gasteiger partial charge in [0, 0.05) is 17.5 Å². The maximum atomic E-state index is 12.7. The van der Waals surface area contributed by atoms with E-state index in [0.717, 1.165) is 10.9 Å². The average molecular weight is 307 g/mol. The maximum Gasteiger partial charge on any atom is 0.260 e. The molecule has 1 atom stereocenters. The third-order valence-corrected chi connectivity index (χ3v) is 4.53. The third-order valence-electron chi connectivity index (χ3n) is 4.53. The van der Waals surface area contributed by atoms with Gasteiger partial charge in [-0.15, -0.1) is 0 Å². The molecule has 2 aliphatic rings. The molecule has 0 aliphatic carbocycles. The summed E-state index contributed by atoms with van der Waals surface area (Å²) in [6.07, 6.45) is 0.134. The predicted octanol–water partition coefficient (Wildman–Crippen LogP) is 3.23. The minimum absolute atomic E-state index is 0.0363. The molecule has 2 aromatic carbocycles. The van der Waals surface area contributed by atoms with Gasteiger partial charge in [0.05, 0.1) is 5.56 Å². The fourth-order valence-corrected chi connectivity index (χ4v) is 3.45. The molecule has 5 rings (SSSR count). The zero-order valence-corrected chi connectivity index (χ0v) is 12.2. The van der Waals surface area contributed by atoms with Crippen LogP contribution in [0.4, 0.5) is 0 Å². The predicted molar refractivity (Wildman–Crippen MR) is 82.4 cm³/mol. The van der Waals surface area contributed by atoms with Gasteiger partial charge in [0.1, 0.15) is 17.1 Å². The van der Waals surface area contributed by atoms with Crippen LogP contribution in [0.2, 0.25) is 0 Å². The Kier molecular flexibility index (Phi) is 2.34. The number of phenols is 1. The Morgan fingerprint density at radius 3 is 2.96 bits per heavy atom.